The highest BCUT2D eigenvalue weighted by molar-refractivity contribution is 9.10. The van der Waals surface area contributed by atoms with Gasteiger partial charge in [-0.2, -0.15) is 5.10 Å². The number of nitrogens with zero attached hydrogens (tertiary/aromatic N) is 1. The number of para-hydroxylation sites is 1. The number of rotatable bonds is 12. The van der Waals surface area contributed by atoms with Crippen LogP contribution in [-0.2, 0) is 4.79 Å². The van der Waals surface area contributed by atoms with Gasteiger partial charge in [0.15, 0.2) is 29.6 Å². The third-order valence-corrected chi connectivity index (χ3v) is 5.43. The normalized spacial score (nSPS) is 10.6. The van der Waals surface area contributed by atoms with Gasteiger partial charge in [-0.05, 0) is 77.8 Å². The van der Waals surface area contributed by atoms with Gasteiger partial charge >= 0.3 is 0 Å². The zero-order chi connectivity index (χ0) is 26.6. The first-order valence-corrected chi connectivity index (χ1v) is 12.3. The van der Waals surface area contributed by atoms with Crippen LogP contribution in [0.25, 0.3) is 0 Å². The lowest BCUT2D eigenvalue weighted by atomic mass is 10.2. The number of benzene rings is 3. The molecule has 0 saturated carbocycles. The van der Waals surface area contributed by atoms with Crippen LogP contribution in [0.3, 0.4) is 0 Å². The fourth-order valence-electron chi connectivity index (χ4n) is 3.23. The molecule has 0 aliphatic rings. The van der Waals surface area contributed by atoms with Crippen molar-refractivity contribution in [1.29, 1.82) is 0 Å². The van der Waals surface area contributed by atoms with E-state index < -0.39 is 5.91 Å². The molecule has 0 bridgehead atoms. The fraction of sp³-hybridized carbons (Fsp3) is 0.222. The minimum atomic E-state index is -0.407. The number of ether oxygens (including phenoxy) is 4. The Balaban J connectivity index is 1.64. The number of carbonyl (C=O) groups is 2. The van der Waals surface area contributed by atoms with Crippen LogP contribution >= 0.6 is 15.9 Å². The third kappa shape index (κ3) is 7.97. The second kappa shape index (κ2) is 13.9. The van der Waals surface area contributed by atoms with E-state index in [4.69, 9.17) is 18.9 Å². The Labute approximate surface area is 223 Å². The molecule has 3 aromatic rings. The number of nitrogens with one attached hydrogen (secondary N) is 2. The summed E-state index contributed by atoms with van der Waals surface area (Å²) in [5, 5.41) is 6.80. The number of halogens is 1. The highest BCUT2D eigenvalue weighted by atomic mass is 79.9. The Morgan fingerprint density at radius 2 is 1.65 bits per heavy atom. The molecule has 2 N–H and O–H groups in total. The molecule has 0 saturated heterocycles. The van der Waals surface area contributed by atoms with Crippen LogP contribution in [0.15, 0.2) is 70.2 Å². The van der Waals surface area contributed by atoms with Crippen LogP contribution in [0.2, 0.25) is 0 Å². The van der Waals surface area contributed by atoms with Crippen LogP contribution in [0.4, 0.5) is 5.69 Å². The summed E-state index contributed by atoms with van der Waals surface area (Å²) >= 11 is 3.44. The van der Waals surface area contributed by atoms with Crippen molar-refractivity contribution in [2.75, 3.05) is 32.2 Å². The van der Waals surface area contributed by atoms with E-state index in [1.54, 1.807) is 42.5 Å². The summed E-state index contributed by atoms with van der Waals surface area (Å²) in [6.07, 6.45) is 1.47. The molecule has 0 aliphatic heterocycles. The zero-order valence-corrected chi connectivity index (χ0v) is 22.3. The summed E-state index contributed by atoms with van der Waals surface area (Å²) < 4.78 is 22.8. The van der Waals surface area contributed by atoms with E-state index >= 15 is 0 Å². The van der Waals surface area contributed by atoms with Crippen LogP contribution in [0.1, 0.15) is 29.8 Å². The maximum Gasteiger partial charge on any atom is 0.271 e. The van der Waals surface area contributed by atoms with Gasteiger partial charge in [-0.3, -0.25) is 9.59 Å². The van der Waals surface area contributed by atoms with E-state index in [0.717, 1.165) is 0 Å². The predicted octanol–water partition coefficient (Wildman–Crippen LogP) is 5.04. The van der Waals surface area contributed by atoms with Crippen molar-refractivity contribution in [3.8, 4) is 23.0 Å². The van der Waals surface area contributed by atoms with Crippen LogP contribution < -0.4 is 29.7 Å². The Morgan fingerprint density at radius 3 is 2.35 bits per heavy atom. The molecular formula is C27H28BrN3O6. The van der Waals surface area contributed by atoms with E-state index in [2.05, 4.69) is 31.8 Å². The summed E-state index contributed by atoms with van der Waals surface area (Å²) in [5.74, 6) is 1.10. The Kier molecular flexibility index (Phi) is 10.3. The molecule has 0 aromatic heterocycles. The van der Waals surface area contributed by atoms with Gasteiger partial charge < -0.3 is 24.3 Å². The molecular weight excluding hydrogens is 542 g/mol. The first kappa shape index (κ1) is 27.5. The Hall–Kier alpha value is -4.05. The first-order valence-electron chi connectivity index (χ1n) is 11.5. The quantitative estimate of drug-likeness (QED) is 0.234. The summed E-state index contributed by atoms with van der Waals surface area (Å²) in [6, 6.07) is 17.4. The van der Waals surface area contributed by atoms with Crippen molar-refractivity contribution in [3.63, 3.8) is 0 Å². The number of carbonyl (C=O) groups excluding carboxylic acids is 2. The Morgan fingerprint density at radius 1 is 0.919 bits per heavy atom. The molecule has 3 aromatic carbocycles. The second-order valence-electron chi connectivity index (χ2n) is 7.46. The molecule has 3 rings (SSSR count). The second-order valence-corrected chi connectivity index (χ2v) is 8.32. The maximum absolute atomic E-state index is 12.6. The minimum absolute atomic E-state index is 0.209. The standard InChI is InChI=1S/C27H28BrN3O6/c1-4-35-22-12-11-19(15-23(22)36-5-2)27(33)31-29-16-18-13-21(28)26(24(14-18)34-3)37-17-25(32)30-20-9-7-6-8-10-20/h6-16H,4-5,17H2,1-3H3,(H,30,32)(H,31,33)/b29-16+. The van der Waals surface area contributed by atoms with Crippen LogP contribution in [0.5, 0.6) is 23.0 Å². The molecule has 37 heavy (non-hydrogen) atoms. The van der Waals surface area contributed by atoms with Crippen molar-refractivity contribution in [2.24, 2.45) is 5.10 Å². The average molecular weight is 570 g/mol. The van der Waals surface area contributed by atoms with Crippen molar-refractivity contribution >= 4 is 39.6 Å². The molecule has 2 amide bonds. The number of hydrazone groups is 1. The van der Waals surface area contributed by atoms with E-state index in [0.29, 0.717) is 57.5 Å². The molecule has 0 unspecified atom stereocenters. The number of methoxy groups -OCH3 is 1. The highest BCUT2D eigenvalue weighted by Gasteiger charge is 2.14. The van der Waals surface area contributed by atoms with Gasteiger partial charge in [0.25, 0.3) is 11.8 Å². The molecule has 9 nitrogen and oxygen atoms in total. The van der Waals surface area contributed by atoms with Gasteiger partial charge in [-0.1, -0.05) is 18.2 Å². The Bertz CT molecular complexity index is 1250. The largest absolute Gasteiger partial charge is 0.493 e. The first-order chi connectivity index (χ1) is 17.9. The summed E-state index contributed by atoms with van der Waals surface area (Å²) in [7, 11) is 1.49. The van der Waals surface area contributed by atoms with Gasteiger partial charge in [-0.25, -0.2) is 5.43 Å². The van der Waals surface area contributed by atoms with Crippen molar-refractivity contribution in [3.05, 3.63) is 76.3 Å². The van der Waals surface area contributed by atoms with Gasteiger partial charge in [-0.15, -0.1) is 0 Å². The molecule has 0 spiro atoms. The highest BCUT2D eigenvalue weighted by Crippen LogP contribution is 2.36. The molecule has 0 heterocycles. The molecule has 194 valence electrons. The topological polar surface area (TPSA) is 107 Å². The lowest BCUT2D eigenvalue weighted by Gasteiger charge is -2.13. The predicted molar refractivity (Wildman–Crippen MR) is 145 cm³/mol. The number of amides is 2. The van der Waals surface area contributed by atoms with Gasteiger partial charge in [0.2, 0.25) is 0 Å². The maximum atomic E-state index is 12.6. The van der Waals surface area contributed by atoms with Gasteiger partial charge in [0.1, 0.15) is 0 Å². The average Bonchev–Trinajstić information content (AvgIpc) is 2.89. The van der Waals surface area contributed by atoms with E-state index in [9.17, 15) is 9.59 Å². The molecule has 0 fully saturated rings. The van der Waals surface area contributed by atoms with Crippen molar-refractivity contribution in [1.82, 2.24) is 5.43 Å². The molecule has 0 aliphatic carbocycles. The smallest absolute Gasteiger partial charge is 0.271 e. The van der Waals surface area contributed by atoms with Gasteiger partial charge in [0, 0.05) is 11.3 Å². The third-order valence-electron chi connectivity index (χ3n) is 4.84. The van der Waals surface area contributed by atoms with Crippen LogP contribution in [-0.4, -0.2) is 45.0 Å². The summed E-state index contributed by atoms with van der Waals surface area (Å²) in [5.41, 5.74) is 4.18. The monoisotopic (exact) mass is 569 g/mol. The molecule has 0 atom stereocenters. The van der Waals surface area contributed by atoms with Gasteiger partial charge in [0.05, 0.1) is 31.0 Å². The lowest BCUT2D eigenvalue weighted by Crippen LogP contribution is -2.20. The molecule has 10 heteroatoms. The zero-order valence-electron chi connectivity index (χ0n) is 20.7. The van der Waals surface area contributed by atoms with E-state index in [1.807, 2.05) is 32.0 Å². The number of hydrogen-bond acceptors (Lipinski definition) is 7. The van der Waals surface area contributed by atoms with E-state index in [1.165, 1.54) is 13.3 Å². The summed E-state index contributed by atoms with van der Waals surface area (Å²) in [6.45, 7) is 4.45. The number of hydrogen-bond donors (Lipinski definition) is 2. The molecule has 0 radical (unpaired) electrons. The SMILES string of the molecule is CCOc1ccc(C(=O)N/N=C/c2cc(Br)c(OCC(=O)Nc3ccccc3)c(OC)c2)cc1OCC. The fourth-order valence-corrected chi connectivity index (χ4v) is 3.81. The van der Waals surface area contributed by atoms with Crippen molar-refractivity contribution in [2.45, 2.75) is 13.8 Å². The lowest BCUT2D eigenvalue weighted by molar-refractivity contribution is -0.118. The van der Waals surface area contributed by atoms with Crippen LogP contribution in [0, 0.1) is 0 Å². The summed E-state index contributed by atoms with van der Waals surface area (Å²) in [4.78, 5) is 24.8. The van der Waals surface area contributed by atoms with Crippen molar-refractivity contribution < 1.29 is 28.5 Å². The minimum Gasteiger partial charge on any atom is -0.493 e. The number of anilines is 1. The van der Waals surface area contributed by atoms with E-state index in [-0.39, 0.29) is 12.5 Å².